The number of nitrogens with one attached hydrogen (secondary N) is 1. The molecule has 116 valence electrons. The summed E-state index contributed by atoms with van der Waals surface area (Å²) < 4.78 is 5.52. The lowest BCUT2D eigenvalue weighted by Gasteiger charge is -2.14. The summed E-state index contributed by atoms with van der Waals surface area (Å²) in [5.41, 5.74) is 3.22. The highest BCUT2D eigenvalue weighted by Gasteiger charge is 2.16. The maximum atomic E-state index is 12.0. The molecule has 0 saturated carbocycles. The lowest BCUT2D eigenvalue weighted by molar-refractivity contribution is -0.127. The Labute approximate surface area is 142 Å². The second-order valence-electron chi connectivity index (χ2n) is 4.49. The monoisotopic (exact) mass is 356 g/mol. The Kier molecular flexibility index (Phi) is 5.83. The van der Waals surface area contributed by atoms with Crippen LogP contribution in [0.1, 0.15) is 18.7 Å². The Morgan fingerprint density at radius 2 is 2.14 bits per heavy atom. The highest BCUT2D eigenvalue weighted by atomic mass is 35.5. The Morgan fingerprint density at radius 1 is 1.36 bits per heavy atom. The number of ether oxygens (including phenoxy) is 1. The van der Waals surface area contributed by atoms with Crippen LogP contribution in [0.25, 0.3) is 0 Å². The molecule has 0 saturated heterocycles. The number of halogens is 2. The van der Waals surface area contributed by atoms with E-state index in [0.717, 1.165) is 10.6 Å². The fourth-order valence-electron chi connectivity index (χ4n) is 1.58. The highest BCUT2D eigenvalue weighted by molar-refractivity contribution is 7.12. The third-order valence-electron chi connectivity index (χ3n) is 2.78. The topological polar surface area (TPSA) is 50.7 Å². The van der Waals surface area contributed by atoms with Crippen LogP contribution in [0.3, 0.4) is 0 Å². The van der Waals surface area contributed by atoms with Crippen molar-refractivity contribution in [1.29, 1.82) is 0 Å². The Balaban J connectivity index is 1.96. The van der Waals surface area contributed by atoms with E-state index in [9.17, 15) is 4.79 Å². The van der Waals surface area contributed by atoms with E-state index in [1.54, 1.807) is 36.5 Å². The van der Waals surface area contributed by atoms with Gasteiger partial charge in [0.2, 0.25) is 0 Å². The number of thiophene rings is 1. The molecule has 0 spiro atoms. The molecule has 0 fully saturated rings. The Hall–Kier alpha value is -1.56. The molecule has 0 bridgehead atoms. The van der Waals surface area contributed by atoms with Gasteiger partial charge in [0.1, 0.15) is 5.75 Å². The van der Waals surface area contributed by atoms with Crippen LogP contribution in [-0.4, -0.2) is 17.7 Å². The number of nitrogens with zero attached hydrogens (tertiary/aromatic N) is 1. The minimum Gasteiger partial charge on any atom is -0.479 e. The molecule has 0 radical (unpaired) electrons. The highest BCUT2D eigenvalue weighted by Crippen LogP contribution is 2.28. The zero-order valence-electron chi connectivity index (χ0n) is 12.0. The Bertz CT molecular complexity index is 687. The van der Waals surface area contributed by atoms with Gasteiger partial charge in [-0.2, -0.15) is 5.10 Å². The maximum Gasteiger partial charge on any atom is 0.280 e. The molecule has 2 aromatic rings. The van der Waals surface area contributed by atoms with E-state index >= 15 is 0 Å². The van der Waals surface area contributed by atoms with Crippen molar-refractivity contribution in [2.24, 2.45) is 5.10 Å². The van der Waals surface area contributed by atoms with Crippen LogP contribution in [0.15, 0.2) is 40.8 Å². The first kappa shape index (κ1) is 16.8. The van der Waals surface area contributed by atoms with Gasteiger partial charge in [-0.25, -0.2) is 5.43 Å². The fraction of sp³-hybridized carbons (Fsp3) is 0.200. The smallest absolute Gasteiger partial charge is 0.280 e. The van der Waals surface area contributed by atoms with Gasteiger partial charge in [0, 0.05) is 9.90 Å². The molecule has 1 atom stereocenters. The maximum absolute atomic E-state index is 12.0. The summed E-state index contributed by atoms with van der Waals surface area (Å²) in [6, 6.07) is 8.68. The van der Waals surface area contributed by atoms with Crippen molar-refractivity contribution in [1.82, 2.24) is 5.43 Å². The molecule has 1 amide bonds. The molecule has 4 nitrogen and oxygen atoms in total. The van der Waals surface area contributed by atoms with Crippen LogP contribution >= 0.6 is 34.5 Å². The normalized spacial score (nSPS) is 12.8. The van der Waals surface area contributed by atoms with Gasteiger partial charge < -0.3 is 4.74 Å². The van der Waals surface area contributed by atoms with Crippen LogP contribution in [-0.2, 0) is 4.79 Å². The van der Waals surface area contributed by atoms with E-state index in [4.69, 9.17) is 27.9 Å². The molecule has 1 aromatic heterocycles. The molecular weight excluding hydrogens is 343 g/mol. The van der Waals surface area contributed by atoms with Gasteiger partial charge in [0.05, 0.1) is 10.7 Å². The Morgan fingerprint density at radius 3 is 2.77 bits per heavy atom. The van der Waals surface area contributed by atoms with Gasteiger partial charge in [0.15, 0.2) is 6.10 Å². The third-order valence-corrected chi connectivity index (χ3v) is 4.29. The van der Waals surface area contributed by atoms with Gasteiger partial charge in [-0.15, -0.1) is 11.3 Å². The molecule has 1 unspecified atom stereocenters. The number of carbonyl (C=O) groups excluding carboxylic acids is 1. The van der Waals surface area contributed by atoms with Gasteiger partial charge in [0.25, 0.3) is 5.91 Å². The second kappa shape index (κ2) is 7.63. The van der Waals surface area contributed by atoms with Gasteiger partial charge in [-0.1, -0.05) is 29.3 Å². The van der Waals surface area contributed by atoms with Crippen LogP contribution in [0, 0.1) is 0 Å². The number of amides is 1. The van der Waals surface area contributed by atoms with Gasteiger partial charge in [-0.05, 0) is 43.5 Å². The predicted molar refractivity (Wildman–Crippen MR) is 91.2 cm³/mol. The lowest BCUT2D eigenvalue weighted by Crippen LogP contribution is -2.34. The van der Waals surface area contributed by atoms with E-state index in [-0.39, 0.29) is 5.91 Å². The minimum atomic E-state index is -0.737. The zero-order valence-corrected chi connectivity index (χ0v) is 14.3. The summed E-state index contributed by atoms with van der Waals surface area (Å²) >= 11 is 13.4. The summed E-state index contributed by atoms with van der Waals surface area (Å²) in [5.74, 6) is 0.0367. The molecular formula is C15H14Cl2N2O2S. The van der Waals surface area contributed by atoms with E-state index in [1.807, 2.05) is 24.4 Å². The number of carbonyl (C=O) groups is 1. The van der Waals surface area contributed by atoms with E-state index in [0.29, 0.717) is 15.8 Å². The quantitative estimate of drug-likeness (QED) is 0.638. The van der Waals surface area contributed by atoms with Crippen molar-refractivity contribution in [2.45, 2.75) is 20.0 Å². The zero-order chi connectivity index (χ0) is 16.1. The van der Waals surface area contributed by atoms with E-state index < -0.39 is 6.10 Å². The second-order valence-corrected chi connectivity index (χ2v) is 6.28. The van der Waals surface area contributed by atoms with Crippen LogP contribution in [0.5, 0.6) is 5.75 Å². The third kappa shape index (κ3) is 4.47. The molecule has 0 aliphatic heterocycles. The summed E-state index contributed by atoms with van der Waals surface area (Å²) in [6.45, 7) is 3.45. The van der Waals surface area contributed by atoms with Crippen LogP contribution < -0.4 is 10.2 Å². The summed E-state index contributed by atoms with van der Waals surface area (Å²) in [6.07, 6.45) is -0.737. The largest absolute Gasteiger partial charge is 0.479 e. The molecule has 1 heterocycles. The van der Waals surface area contributed by atoms with Crippen molar-refractivity contribution < 1.29 is 9.53 Å². The molecule has 22 heavy (non-hydrogen) atoms. The number of benzene rings is 1. The van der Waals surface area contributed by atoms with Crippen molar-refractivity contribution in [2.75, 3.05) is 0 Å². The van der Waals surface area contributed by atoms with E-state index in [2.05, 4.69) is 10.5 Å². The van der Waals surface area contributed by atoms with Crippen LogP contribution in [0.4, 0.5) is 0 Å². The molecule has 2 rings (SSSR count). The predicted octanol–water partition coefficient (Wildman–Crippen LogP) is 4.36. The van der Waals surface area contributed by atoms with Crippen molar-refractivity contribution >= 4 is 46.2 Å². The molecule has 0 aliphatic carbocycles. The van der Waals surface area contributed by atoms with Crippen molar-refractivity contribution in [3.8, 4) is 5.75 Å². The number of hydrazone groups is 1. The lowest BCUT2D eigenvalue weighted by atomic mass is 10.3. The summed E-state index contributed by atoms with van der Waals surface area (Å²) in [7, 11) is 0. The first-order valence-electron chi connectivity index (χ1n) is 6.47. The SMILES string of the molecule is CC(=NNC(=O)C(C)Oc1ccc(Cl)cc1Cl)c1cccs1. The summed E-state index contributed by atoms with van der Waals surface area (Å²) in [4.78, 5) is 13.0. The van der Waals surface area contributed by atoms with Crippen LogP contribution in [0.2, 0.25) is 10.0 Å². The van der Waals surface area contributed by atoms with E-state index in [1.165, 1.54) is 0 Å². The first-order chi connectivity index (χ1) is 10.5. The molecule has 1 N–H and O–H groups in total. The fourth-order valence-corrected chi connectivity index (χ4v) is 2.71. The van der Waals surface area contributed by atoms with Gasteiger partial charge in [-0.3, -0.25) is 4.79 Å². The number of hydrogen-bond donors (Lipinski definition) is 1. The number of hydrogen-bond acceptors (Lipinski definition) is 4. The summed E-state index contributed by atoms with van der Waals surface area (Å²) in [5, 5.41) is 6.87. The standard InChI is InChI=1S/C15H14Cl2N2O2S/c1-9(14-4-3-7-22-14)18-19-15(20)10(2)21-13-6-5-11(16)8-12(13)17/h3-8,10H,1-2H3,(H,19,20). The average molecular weight is 357 g/mol. The minimum absolute atomic E-state index is 0.352. The number of rotatable bonds is 5. The van der Waals surface area contributed by atoms with Crippen molar-refractivity contribution in [3.63, 3.8) is 0 Å². The van der Waals surface area contributed by atoms with Gasteiger partial charge >= 0.3 is 0 Å². The molecule has 0 aliphatic rings. The molecule has 1 aromatic carbocycles. The van der Waals surface area contributed by atoms with Crippen molar-refractivity contribution in [3.05, 3.63) is 50.6 Å². The molecule has 7 heteroatoms. The first-order valence-corrected chi connectivity index (χ1v) is 8.10. The average Bonchev–Trinajstić information content (AvgIpc) is 3.01.